The number of rotatable bonds is 2. The minimum Gasteiger partial charge on any atom is -0.508 e. The third kappa shape index (κ3) is 2.48. The van der Waals surface area contributed by atoms with Gasteiger partial charge < -0.3 is 15.1 Å². The van der Waals surface area contributed by atoms with Crippen molar-refractivity contribution >= 4 is 5.91 Å². The number of phenolic OH excluding ortho intramolecular Hbond substituents is 1. The van der Waals surface area contributed by atoms with E-state index in [4.69, 9.17) is 0 Å². The second-order valence-corrected chi connectivity index (χ2v) is 4.92. The van der Waals surface area contributed by atoms with E-state index >= 15 is 0 Å². The first kappa shape index (κ1) is 12.9. The van der Waals surface area contributed by atoms with E-state index in [2.05, 4.69) is 6.92 Å². The lowest BCUT2D eigenvalue weighted by molar-refractivity contribution is 0.0358. The summed E-state index contributed by atoms with van der Waals surface area (Å²) < 4.78 is 0. The highest BCUT2D eigenvalue weighted by molar-refractivity contribution is 5.94. The van der Waals surface area contributed by atoms with Gasteiger partial charge in [-0.2, -0.15) is 0 Å². The van der Waals surface area contributed by atoms with Gasteiger partial charge in [0.2, 0.25) is 0 Å². The zero-order chi connectivity index (χ0) is 13.1. The third-order valence-corrected chi connectivity index (χ3v) is 3.66. The Kier molecular flexibility index (Phi) is 3.87. The highest BCUT2D eigenvalue weighted by Crippen LogP contribution is 2.25. The number of carbonyl (C=O) groups excluding carboxylic acids is 1. The summed E-state index contributed by atoms with van der Waals surface area (Å²) in [7, 11) is 0. The number of hydrogen-bond acceptors (Lipinski definition) is 3. The van der Waals surface area contributed by atoms with Gasteiger partial charge >= 0.3 is 0 Å². The number of likely N-dealkylation sites (tertiary alicyclic amines) is 1. The predicted octanol–water partition coefficient (Wildman–Crippen LogP) is 1.63. The molecule has 0 spiro atoms. The van der Waals surface area contributed by atoms with Crippen molar-refractivity contribution in [3.63, 3.8) is 0 Å². The van der Waals surface area contributed by atoms with Gasteiger partial charge in [-0.15, -0.1) is 0 Å². The molecule has 0 aliphatic carbocycles. The van der Waals surface area contributed by atoms with Gasteiger partial charge in [0.15, 0.2) is 0 Å². The summed E-state index contributed by atoms with van der Waals surface area (Å²) in [5.41, 5.74) is 0.475. The summed E-state index contributed by atoms with van der Waals surface area (Å²) in [6.07, 6.45) is 2.00. The van der Waals surface area contributed by atoms with E-state index in [1.807, 2.05) is 0 Å². The van der Waals surface area contributed by atoms with Gasteiger partial charge in [-0.3, -0.25) is 4.79 Å². The van der Waals surface area contributed by atoms with E-state index in [-0.39, 0.29) is 24.3 Å². The minimum absolute atomic E-state index is 0.00821. The van der Waals surface area contributed by atoms with Crippen molar-refractivity contribution < 1.29 is 15.0 Å². The van der Waals surface area contributed by atoms with Gasteiger partial charge in [0, 0.05) is 12.1 Å². The highest BCUT2D eigenvalue weighted by Gasteiger charge is 2.31. The highest BCUT2D eigenvalue weighted by atomic mass is 16.3. The number of aromatic hydroxyl groups is 1. The van der Waals surface area contributed by atoms with Crippen molar-refractivity contribution in [3.05, 3.63) is 29.8 Å². The van der Waals surface area contributed by atoms with Crippen LogP contribution in [0.5, 0.6) is 5.75 Å². The summed E-state index contributed by atoms with van der Waals surface area (Å²) in [5, 5.41) is 18.9. The van der Waals surface area contributed by atoms with Crippen LogP contribution in [0.15, 0.2) is 24.3 Å². The SMILES string of the molecule is C[C@H]1CCCN(C(=O)c2cccc(O)c2)[C@H]1CO. The quantitative estimate of drug-likeness (QED) is 0.837. The number of phenols is 1. The average molecular weight is 249 g/mol. The lowest BCUT2D eigenvalue weighted by Gasteiger charge is -2.39. The van der Waals surface area contributed by atoms with Gasteiger partial charge in [-0.25, -0.2) is 0 Å². The van der Waals surface area contributed by atoms with Crippen LogP contribution in [0.25, 0.3) is 0 Å². The molecule has 2 N–H and O–H groups in total. The van der Waals surface area contributed by atoms with Crippen molar-refractivity contribution in [3.8, 4) is 5.75 Å². The fraction of sp³-hybridized carbons (Fsp3) is 0.500. The molecule has 2 atom stereocenters. The molecule has 1 heterocycles. The van der Waals surface area contributed by atoms with Gasteiger partial charge in [-0.05, 0) is 37.0 Å². The molecule has 1 aliphatic heterocycles. The average Bonchev–Trinajstić information content (AvgIpc) is 2.37. The molecule has 2 rings (SSSR count). The first-order chi connectivity index (χ1) is 8.63. The Hall–Kier alpha value is -1.55. The van der Waals surface area contributed by atoms with Gasteiger partial charge in [0.25, 0.3) is 5.91 Å². The van der Waals surface area contributed by atoms with Crippen LogP contribution in [0.2, 0.25) is 0 Å². The molecule has 4 nitrogen and oxygen atoms in total. The number of piperidine rings is 1. The molecule has 1 aliphatic rings. The predicted molar refractivity (Wildman–Crippen MR) is 68.4 cm³/mol. The summed E-state index contributed by atoms with van der Waals surface area (Å²) in [6, 6.07) is 6.24. The number of aliphatic hydroxyl groups is 1. The van der Waals surface area contributed by atoms with Crippen LogP contribution in [0, 0.1) is 5.92 Å². The van der Waals surface area contributed by atoms with Crippen molar-refractivity contribution in [2.24, 2.45) is 5.92 Å². The Bertz CT molecular complexity index is 433. The summed E-state index contributed by atoms with van der Waals surface area (Å²) in [6.45, 7) is 2.72. The minimum atomic E-state index is -0.117. The number of nitrogens with zero attached hydrogens (tertiary/aromatic N) is 1. The van der Waals surface area contributed by atoms with Crippen LogP contribution < -0.4 is 0 Å². The second-order valence-electron chi connectivity index (χ2n) is 4.92. The van der Waals surface area contributed by atoms with Crippen molar-refractivity contribution in [1.82, 2.24) is 4.90 Å². The van der Waals surface area contributed by atoms with E-state index in [1.54, 1.807) is 23.1 Å². The monoisotopic (exact) mass is 249 g/mol. The topological polar surface area (TPSA) is 60.8 Å². The van der Waals surface area contributed by atoms with E-state index in [0.717, 1.165) is 12.8 Å². The van der Waals surface area contributed by atoms with Crippen molar-refractivity contribution in [1.29, 1.82) is 0 Å². The molecule has 0 unspecified atom stereocenters. The van der Waals surface area contributed by atoms with Crippen LogP contribution in [0.1, 0.15) is 30.1 Å². The summed E-state index contributed by atoms with van der Waals surface area (Å²) >= 11 is 0. The number of carbonyl (C=O) groups is 1. The number of benzene rings is 1. The van der Waals surface area contributed by atoms with Gasteiger partial charge in [0.05, 0.1) is 12.6 Å². The van der Waals surface area contributed by atoms with Crippen LogP contribution >= 0.6 is 0 Å². The van der Waals surface area contributed by atoms with Gasteiger partial charge in [-0.1, -0.05) is 13.0 Å². The molecular weight excluding hydrogens is 230 g/mol. The van der Waals surface area contributed by atoms with Crippen LogP contribution in [-0.2, 0) is 0 Å². The lowest BCUT2D eigenvalue weighted by atomic mass is 9.90. The maximum absolute atomic E-state index is 12.4. The number of amides is 1. The van der Waals surface area contributed by atoms with Crippen LogP contribution in [0.3, 0.4) is 0 Å². The van der Waals surface area contributed by atoms with E-state index in [9.17, 15) is 15.0 Å². The van der Waals surface area contributed by atoms with Crippen molar-refractivity contribution in [2.75, 3.05) is 13.2 Å². The van der Waals surface area contributed by atoms with Gasteiger partial charge in [0.1, 0.15) is 5.75 Å². The maximum Gasteiger partial charge on any atom is 0.254 e. The van der Waals surface area contributed by atoms with E-state index < -0.39 is 0 Å². The molecule has 0 bridgehead atoms. The molecule has 1 saturated heterocycles. The number of hydrogen-bond donors (Lipinski definition) is 2. The Morgan fingerprint density at radius 2 is 2.28 bits per heavy atom. The molecule has 4 heteroatoms. The fourth-order valence-corrected chi connectivity index (χ4v) is 2.58. The van der Waals surface area contributed by atoms with Crippen LogP contribution in [-0.4, -0.2) is 40.2 Å². The van der Waals surface area contributed by atoms with Crippen molar-refractivity contribution in [2.45, 2.75) is 25.8 Å². The first-order valence-corrected chi connectivity index (χ1v) is 6.34. The molecule has 1 fully saturated rings. The molecule has 0 saturated carbocycles. The molecule has 1 amide bonds. The molecule has 18 heavy (non-hydrogen) atoms. The van der Waals surface area contributed by atoms with E-state index in [1.165, 1.54) is 6.07 Å². The smallest absolute Gasteiger partial charge is 0.254 e. The fourth-order valence-electron chi connectivity index (χ4n) is 2.58. The normalized spacial score (nSPS) is 24.0. The zero-order valence-electron chi connectivity index (χ0n) is 10.5. The number of aliphatic hydroxyl groups excluding tert-OH is 1. The van der Waals surface area contributed by atoms with Crippen LogP contribution in [0.4, 0.5) is 0 Å². The Balaban J connectivity index is 2.21. The lowest BCUT2D eigenvalue weighted by Crippen LogP contribution is -2.49. The molecule has 1 aromatic rings. The molecular formula is C14H19NO3. The molecule has 0 aromatic heterocycles. The molecule has 98 valence electrons. The summed E-state index contributed by atoms with van der Waals surface area (Å²) in [5.74, 6) is 0.285. The standard InChI is InChI=1S/C14H19NO3/c1-10-4-3-7-15(13(10)9-16)14(18)11-5-2-6-12(17)8-11/h2,5-6,8,10,13,16-17H,3-4,7,9H2,1H3/t10-,13-/m0/s1. The third-order valence-electron chi connectivity index (χ3n) is 3.66. The Morgan fingerprint density at radius 3 is 2.94 bits per heavy atom. The van der Waals surface area contributed by atoms with E-state index in [0.29, 0.717) is 18.0 Å². The maximum atomic E-state index is 12.4. The Labute approximate surface area is 107 Å². The first-order valence-electron chi connectivity index (χ1n) is 6.34. The largest absolute Gasteiger partial charge is 0.508 e. The summed E-state index contributed by atoms with van der Waals surface area (Å²) in [4.78, 5) is 14.1. The zero-order valence-corrected chi connectivity index (χ0v) is 10.5. The second kappa shape index (κ2) is 5.40. The molecule has 0 radical (unpaired) electrons. The Morgan fingerprint density at radius 1 is 1.50 bits per heavy atom. The molecule has 1 aromatic carbocycles.